The van der Waals surface area contributed by atoms with Crippen molar-refractivity contribution in [2.75, 3.05) is 17.9 Å². The van der Waals surface area contributed by atoms with E-state index in [0.717, 1.165) is 17.0 Å². The second kappa shape index (κ2) is 13.3. The van der Waals surface area contributed by atoms with E-state index in [9.17, 15) is 31.2 Å². The van der Waals surface area contributed by atoms with Crippen LogP contribution in [0.25, 0.3) is 0 Å². The molecule has 0 saturated carbocycles. The molecule has 3 rings (SSSR count). The first-order valence-corrected chi connectivity index (χ1v) is 14.7. The third-order valence-electron chi connectivity index (χ3n) is 6.12. The maximum Gasteiger partial charge on any atom is 0.417 e. The molecule has 0 spiro atoms. The predicted molar refractivity (Wildman–Crippen MR) is 153 cm³/mol. The number of carbonyl (C=O) groups excluding carboxylic acids is 2. The molecule has 14 heteroatoms. The Kier molecular flexibility index (Phi) is 10.6. The van der Waals surface area contributed by atoms with Crippen LogP contribution in [0.2, 0.25) is 15.1 Å². The minimum atomic E-state index is -4.90. The lowest BCUT2D eigenvalue weighted by atomic mass is 10.1. The summed E-state index contributed by atoms with van der Waals surface area (Å²) in [7, 11) is -3.18. The Morgan fingerprint density at radius 2 is 1.56 bits per heavy atom. The van der Waals surface area contributed by atoms with E-state index in [1.807, 2.05) is 0 Å². The third-order valence-corrected chi connectivity index (χ3v) is 8.98. The van der Waals surface area contributed by atoms with Crippen LogP contribution in [-0.4, -0.2) is 44.8 Å². The molecule has 0 fully saturated rings. The minimum absolute atomic E-state index is 0.150. The van der Waals surface area contributed by atoms with Crippen molar-refractivity contribution in [3.8, 4) is 0 Å². The Morgan fingerprint density at radius 3 is 2.12 bits per heavy atom. The van der Waals surface area contributed by atoms with Crippen LogP contribution >= 0.6 is 34.8 Å². The van der Waals surface area contributed by atoms with Crippen LogP contribution in [0.5, 0.6) is 0 Å². The van der Waals surface area contributed by atoms with E-state index in [4.69, 9.17) is 34.8 Å². The maximum atomic E-state index is 13.9. The van der Waals surface area contributed by atoms with Gasteiger partial charge in [0, 0.05) is 13.6 Å². The summed E-state index contributed by atoms with van der Waals surface area (Å²) < 4.78 is 69.1. The van der Waals surface area contributed by atoms with E-state index in [2.05, 4.69) is 5.32 Å². The molecule has 3 aromatic carbocycles. The molecule has 0 aromatic heterocycles. The Labute approximate surface area is 250 Å². The molecule has 0 radical (unpaired) electrons. The summed E-state index contributed by atoms with van der Waals surface area (Å²) >= 11 is 17.9. The number of sulfonamides is 1. The van der Waals surface area contributed by atoms with Gasteiger partial charge in [-0.2, -0.15) is 13.2 Å². The molecule has 41 heavy (non-hydrogen) atoms. The zero-order valence-corrected chi connectivity index (χ0v) is 24.8. The van der Waals surface area contributed by atoms with Crippen molar-refractivity contribution < 1.29 is 31.2 Å². The highest BCUT2D eigenvalue weighted by Crippen LogP contribution is 2.38. The van der Waals surface area contributed by atoms with E-state index in [0.29, 0.717) is 15.9 Å². The van der Waals surface area contributed by atoms with Gasteiger partial charge in [-0.05, 0) is 54.4 Å². The molecule has 0 aliphatic carbocycles. The summed E-state index contributed by atoms with van der Waals surface area (Å²) in [6.07, 6.45) is -4.75. The molecule has 0 bridgehead atoms. The van der Waals surface area contributed by atoms with Crippen LogP contribution in [0.3, 0.4) is 0 Å². The molecule has 0 aliphatic heterocycles. The number of carbonyl (C=O) groups is 2. The zero-order chi connectivity index (χ0) is 30.5. The van der Waals surface area contributed by atoms with Gasteiger partial charge < -0.3 is 10.2 Å². The van der Waals surface area contributed by atoms with Crippen molar-refractivity contribution in [2.45, 2.75) is 37.0 Å². The van der Waals surface area contributed by atoms with Crippen molar-refractivity contribution >= 4 is 62.3 Å². The molecule has 3 aromatic rings. The SMILES string of the molecule is CCC(C(=O)NC)N(Cc1ccc(Cl)c(Cl)c1)C(=O)CN(c1ccc(Cl)c(C(F)(F)F)c1)S(=O)(=O)c1ccccc1. The number of halogens is 6. The topological polar surface area (TPSA) is 86.8 Å². The van der Waals surface area contributed by atoms with E-state index in [-0.39, 0.29) is 27.9 Å². The third kappa shape index (κ3) is 7.65. The van der Waals surface area contributed by atoms with E-state index >= 15 is 0 Å². The number of rotatable bonds is 10. The molecule has 2 amide bonds. The van der Waals surface area contributed by atoms with Crippen molar-refractivity contribution in [1.29, 1.82) is 0 Å². The summed E-state index contributed by atoms with van der Waals surface area (Å²) in [5, 5.41) is 2.29. The zero-order valence-electron chi connectivity index (χ0n) is 21.8. The standard InChI is InChI=1S/C27H25Cl3F3N3O4S/c1-3-24(26(38)34-2)35(15-17-9-11-22(29)23(30)13-17)25(37)16-36(41(39,40)19-7-5-4-6-8-19)18-10-12-21(28)20(14-18)27(31,32)33/h4-14,24H,3,15-16H2,1-2H3,(H,34,38). The highest BCUT2D eigenvalue weighted by Gasteiger charge is 2.37. The normalized spacial score (nSPS) is 12.5. The summed E-state index contributed by atoms with van der Waals surface area (Å²) in [4.78, 5) is 27.5. The summed E-state index contributed by atoms with van der Waals surface area (Å²) in [5.74, 6) is -1.38. The van der Waals surface area contributed by atoms with Gasteiger partial charge in [0.25, 0.3) is 10.0 Å². The molecule has 0 heterocycles. The van der Waals surface area contributed by atoms with Crippen LogP contribution in [0.15, 0.2) is 71.6 Å². The quantitative estimate of drug-likeness (QED) is 0.275. The first-order chi connectivity index (χ1) is 19.2. The number of alkyl halides is 3. The van der Waals surface area contributed by atoms with E-state index in [1.165, 1.54) is 43.4 Å². The van der Waals surface area contributed by atoms with Gasteiger partial charge in [-0.15, -0.1) is 0 Å². The largest absolute Gasteiger partial charge is 0.417 e. The van der Waals surface area contributed by atoms with Gasteiger partial charge in [-0.25, -0.2) is 8.42 Å². The monoisotopic (exact) mass is 649 g/mol. The molecule has 7 nitrogen and oxygen atoms in total. The molecular weight excluding hydrogens is 626 g/mol. The number of hydrogen-bond acceptors (Lipinski definition) is 4. The molecule has 1 N–H and O–H groups in total. The van der Waals surface area contributed by atoms with Gasteiger partial charge in [0.2, 0.25) is 11.8 Å². The molecule has 1 unspecified atom stereocenters. The van der Waals surface area contributed by atoms with Crippen LogP contribution in [-0.2, 0) is 32.3 Å². The molecule has 0 saturated heterocycles. The predicted octanol–water partition coefficient (Wildman–Crippen LogP) is 6.41. The Morgan fingerprint density at radius 1 is 0.927 bits per heavy atom. The first kappa shape index (κ1) is 32.5. The minimum Gasteiger partial charge on any atom is -0.357 e. The van der Waals surface area contributed by atoms with Crippen LogP contribution in [0, 0.1) is 0 Å². The lowest BCUT2D eigenvalue weighted by Gasteiger charge is -2.33. The number of hydrogen-bond donors (Lipinski definition) is 1. The Balaban J connectivity index is 2.14. The van der Waals surface area contributed by atoms with Gasteiger partial charge in [0.05, 0.1) is 31.2 Å². The second-order valence-corrected chi connectivity index (χ2v) is 11.9. The van der Waals surface area contributed by atoms with Crippen molar-refractivity contribution in [3.05, 3.63) is 92.9 Å². The van der Waals surface area contributed by atoms with Crippen LogP contribution < -0.4 is 9.62 Å². The fourth-order valence-corrected chi connectivity index (χ4v) is 6.03. The Hall–Kier alpha value is -2.99. The number of anilines is 1. The highest BCUT2D eigenvalue weighted by atomic mass is 35.5. The fourth-order valence-electron chi connectivity index (χ4n) is 4.05. The number of benzene rings is 3. The lowest BCUT2D eigenvalue weighted by molar-refractivity contribution is -0.140. The van der Waals surface area contributed by atoms with Crippen molar-refractivity contribution in [3.63, 3.8) is 0 Å². The second-order valence-electron chi connectivity index (χ2n) is 8.80. The van der Waals surface area contributed by atoms with Crippen LogP contribution in [0.1, 0.15) is 24.5 Å². The van der Waals surface area contributed by atoms with E-state index < -0.39 is 56.9 Å². The number of likely N-dealkylation sites (N-methyl/N-ethyl adjacent to an activating group) is 1. The molecular formula is C27H25Cl3F3N3O4S. The average Bonchev–Trinajstić information content (AvgIpc) is 2.93. The Bertz CT molecular complexity index is 1520. The molecule has 1 atom stereocenters. The smallest absolute Gasteiger partial charge is 0.357 e. The van der Waals surface area contributed by atoms with Crippen molar-refractivity contribution in [1.82, 2.24) is 10.2 Å². The van der Waals surface area contributed by atoms with Gasteiger partial charge >= 0.3 is 6.18 Å². The number of amides is 2. The van der Waals surface area contributed by atoms with Gasteiger partial charge in [-0.3, -0.25) is 13.9 Å². The lowest BCUT2D eigenvalue weighted by Crippen LogP contribution is -2.51. The number of nitrogens with one attached hydrogen (secondary N) is 1. The summed E-state index contributed by atoms with van der Waals surface area (Å²) in [6.45, 7) is 0.558. The van der Waals surface area contributed by atoms with Crippen LogP contribution in [0.4, 0.5) is 18.9 Å². The van der Waals surface area contributed by atoms with Gasteiger partial charge in [0.1, 0.15) is 12.6 Å². The summed E-state index contributed by atoms with van der Waals surface area (Å²) in [5.41, 5.74) is -1.23. The highest BCUT2D eigenvalue weighted by molar-refractivity contribution is 7.92. The average molecular weight is 651 g/mol. The van der Waals surface area contributed by atoms with Gasteiger partial charge in [-0.1, -0.05) is 66.0 Å². The fraction of sp³-hybridized carbons (Fsp3) is 0.259. The summed E-state index contributed by atoms with van der Waals surface area (Å²) in [6, 6.07) is 13.0. The first-order valence-electron chi connectivity index (χ1n) is 12.1. The van der Waals surface area contributed by atoms with Gasteiger partial charge in [0.15, 0.2) is 0 Å². The maximum absolute atomic E-state index is 13.9. The molecule has 0 aliphatic rings. The molecule has 220 valence electrons. The van der Waals surface area contributed by atoms with Crippen molar-refractivity contribution in [2.24, 2.45) is 0 Å². The number of nitrogens with zero attached hydrogens (tertiary/aromatic N) is 2. The van der Waals surface area contributed by atoms with E-state index in [1.54, 1.807) is 19.1 Å².